The Balaban J connectivity index is 1.61. The molecule has 0 spiro atoms. The molecule has 2 atom stereocenters. The molecule has 2 aromatic carbocycles. The maximum absolute atomic E-state index is 12.8. The molecule has 164 valence electrons. The minimum atomic E-state index is -3.10. The molecule has 0 aromatic heterocycles. The summed E-state index contributed by atoms with van der Waals surface area (Å²) in [6, 6.07) is 12.9. The SMILES string of the molecule is COc1ccc(CC(=O)N=C2S[C@H]3CS(=O)(=O)C[C@@H]3N2c2cccc(I)c2)cc1OC. The van der Waals surface area contributed by atoms with Crippen molar-refractivity contribution in [1.82, 2.24) is 0 Å². The Hall–Kier alpha value is -1.79. The van der Waals surface area contributed by atoms with Crippen LogP contribution in [0.25, 0.3) is 0 Å². The number of hydrogen-bond donors (Lipinski definition) is 0. The molecule has 7 nitrogen and oxygen atoms in total. The van der Waals surface area contributed by atoms with Gasteiger partial charge in [0, 0.05) is 14.5 Å². The molecule has 2 heterocycles. The van der Waals surface area contributed by atoms with E-state index >= 15 is 0 Å². The summed E-state index contributed by atoms with van der Waals surface area (Å²) in [5, 5.41) is 0.424. The van der Waals surface area contributed by atoms with Gasteiger partial charge in [-0.05, 0) is 58.5 Å². The van der Waals surface area contributed by atoms with Gasteiger partial charge in [0.1, 0.15) is 0 Å². The molecule has 10 heteroatoms. The number of methoxy groups -OCH3 is 2. The lowest BCUT2D eigenvalue weighted by Crippen LogP contribution is -2.37. The lowest BCUT2D eigenvalue weighted by molar-refractivity contribution is -0.117. The maximum Gasteiger partial charge on any atom is 0.252 e. The number of amides is 1. The first kappa shape index (κ1) is 22.4. The second-order valence-electron chi connectivity index (χ2n) is 7.30. The number of carbonyl (C=O) groups is 1. The van der Waals surface area contributed by atoms with Gasteiger partial charge in [-0.3, -0.25) is 4.79 Å². The number of aliphatic imine (C=N–C) groups is 1. The van der Waals surface area contributed by atoms with Crippen molar-refractivity contribution in [2.75, 3.05) is 30.6 Å². The van der Waals surface area contributed by atoms with E-state index in [9.17, 15) is 13.2 Å². The van der Waals surface area contributed by atoms with Gasteiger partial charge in [0.05, 0.1) is 38.2 Å². The van der Waals surface area contributed by atoms with E-state index in [1.165, 1.54) is 11.8 Å². The summed E-state index contributed by atoms with van der Waals surface area (Å²) in [7, 11) is 0.00294. The van der Waals surface area contributed by atoms with Gasteiger partial charge in [-0.1, -0.05) is 23.9 Å². The number of amidine groups is 1. The Kier molecular flexibility index (Phi) is 6.50. The number of thioether (sulfide) groups is 1. The Bertz CT molecular complexity index is 1150. The highest BCUT2D eigenvalue weighted by atomic mass is 127. The first-order valence-electron chi connectivity index (χ1n) is 9.54. The van der Waals surface area contributed by atoms with Crippen LogP contribution in [0, 0.1) is 3.57 Å². The molecule has 4 rings (SSSR count). The van der Waals surface area contributed by atoms with Gasteiger partial charge in [-0.2, -0.15) is 4.99 Å². The van der Waals surface area contributed by atoms with Gasteiger partial charge in [0.15, 0.2) is 26.5 Å². The fraction of sp³-hybridized carbons (Fsp3) is 0.333. The van der Waals surface area contributed by atoms with Crippen LogP contribution in [0.1, 0.15) is 5.56 Å². The number of halogens is 1. The van der Waals surface area contributed by atoms with E-state index in [0.717, 1.165) is 14.8 Å². The zero-order valence-electron chi connectivity index (χ0n) is 16.9. The van der Waals surface area contributed by atoms with E-state index in [0.29, 0.717) is 16.7 Å². The minimum absolute atomic E-state index is 0.0685. The second-order valence-corrected chi connectivity index (χ2v) is 11.9. The average Bonchev–Trinajstić information content (AvgIpc) is 3.18. The molecule has 31 heavy (non-hydrogen) atoms. The fourth-order valence-corrected chi connectivity index (χ4v) is 8.26. The number of benzene rings is 2. The largest absolute Gasteiger partial charge is 0.493 e. The number of sulfone groups is 1. The van der Waals surface area contributed by atoms with Crippen LogP contribution >= 0.6 is 34.4 Å². The molecule has 2 aliphatic rings. The average molecular weight is 572 g/mol. The predicted molar refractivity (Wildman–Crippen MR) is 131 cm³/mol. The van der Waals surface area contributed by atoms with Crippen molar-refractivity contribution in [1.29, 1.82) is 0 Å². The topological polar surface area (TPSA) is 85.3 Å². The standard InChI is InChI=1S/C21H21IN2O5S2/c1-28-17-7-6-13(8-18(17)29-2)9-20(25)23-21-24(15-5-3-4-14(22)10-15)16-11-31(26,27)12-19(16)30-21/h3-8,10,16,19H,9,11-12H2,1-2H3/t16-,19-/m0/s1. The van der Waals surface area contributed by atoms with Crippen molar-refractivity contribution < 1.29 is 22.7 Å². The summed E-state index contributed by atoms with van der Waals surface area (Å²) < 4.78 is 36.0. The predicted octanol–water partition coefficient (Wildman–Crippen LogP) is 3.15. The van der Waals surface area contributed by atoms with E-state index in [4.69, 9.17) is 9.47 Å². The highest BCUT2D eigenvalue weighted by Crippen LogP contribution is 2.41. The highest BCUT2D eigenvalue weighted by molar-refractivity contribution is 14.1. The number of ether oxygens (including phenoxy) is 2. The zero-order valence-corrected chi connectivity index (χ0v) is 20.7. The van der Waals surface area contributed by atoms with Crippen LogP contribution in [-0.4, -0.2) is 56.5 Å². The van der Waals surface area contributed by atoms with Gasteiger partial charge in [0.2, 0.25) is 0 Å². The Morgan fingerprint density at radius 1 is 1.16 bits per heavy atom. The molecule has 2 aliphatic heterocycles. The summed E-state index contributed by atoms with van der Waals surface area (Å²) in [4.78, 5) is 19.1. The van der Waals surface area contributed by atoms with Crippen LogP contribution in [0.15, 0.2) is 47.5 Å². The summed E-state index contributed by atoms with van der Waals surface area (Å²) >= 11 is 3.59. The maximum atomic E-state index is 12.8. The number of anilines is 1. The van der Waals surface area contributed by atoms with E-state index in [1.807, 2.05) is 29.2 Å². The van der Waals surface area contributed by atoms with Gasteiger partial charge in [-0.15, -0.1) is 0 Å². The monoisotopic (exact) mass is 572 g/mol. The van der Waals surface area contributed by atoms with E-state index in [2.05, 4.69) is 27.6 Å². The Morgan fingerprint density at radius 2 is 1.94 bits per heavy atom. The van der Waals surface area contributed by atoms with Crippen LogP contribution < -0.4 is 14.4 Å². The molecule has 2 fully saturated rings. The Morgan fingerprint density at radius 3 is 2.65 bits per heavy atom. The first-order chi connectivity index (χ1) is 14.8. The molecular weight excluding hydrogens is 551 g/mol. The summed E-state index contributed by atoms with van der Waals surface area (Å²) in [6.45, 7) is 0. The molecule has 2 saturated heterocycles. The normalized spacial score (nSPS) is 23.1. The number of fused-ring (bicyclic) bond motifs is 1. The number of hydrogen-bond acceptors (Lipinski definition) is 6. The molecular formula is C21H21IN2O5S2. The first-order valence-corrected chi connectivity index (χ1v) is 13.3. The lowest BCUT2D eigenvalue weighted by Gasteiger charge is -2.24. The van der Waals surface area contributed by atoms with Crippen molar-refractivity contribution in [2.24, 2.45) is 4.99 Å². The second kappa shape index (κ2) is 8.99. The summed E-state index contributed by atoms with van der Waals surface area (Å²) in [5.41, 5.74) is 1.61. The minimum Gasteiger partial charge on any atom is -0.493 e. The third kappa shape index (κ3) is 4.85. The lowest BCUT2D eigenvalue weighted by atomic mass is 10.1. The molecule has 0 radical (unpaired) electrons. The fourth-order valence-electron chi connectivity index (χ4n) is 3.80. The summed E-state index contributed by atoms with van der Waals surface area (Å²) in [5.74, 6) is 1.02. The van der Waals surface area contributed by atoms with Crippen LogP contribution in [-0.2, 0) is 21.1 Å². The van der Waals surface area contributed by atoms with Crippen molar-refractivity contribution in [2.45, 2.75) is 17.7 Å². The zero-order chi connectivity index (χ0) is 22.2. The van der Waals surface area contributed by atoms with Crippen molar-refractivity contribution in [3.63, 3.8) is 0 Å². The molecule has 0 unspecified atom stereocenters. The molecule has 0 N–H and O–H groups in total. The molecule has 2 aromatic rings. The third-order valence-electron chi connectivity index (χ3n) is 5.18. The highest BCUT2D eigenvalue weighted by Gasteiger charge is 2.49. The summed E-state index contributed by atoms with van der Waals surface area (Å²) in [6.07, 6.45) is 0.109. The number of rotatable bonds is 5. The molecule has 0 aliphatic carbocycles. The Labute approximate surface area is 199 Å². The third-order valence-corrected chi connectivity index (χ3v) is 9.06. The quantitative estimate of drug-likeness (QED) is 0.509. The van der Waals surface area contributed by atoms with Gasteiger partial charge in [-0.25, -0.2) is 8.42 Å². The smallest absolute Gasteiger partial charge is 0.252 e. The van der Waals surface area contributed by atoms with Crippen LogP contribution in [0.2, 0.25) is 0 Å². The van der Waals surface area contributed by atoms with Crippen LogP contribution in [0.4, 0.5) is 5.69 Å². The van der Waals surface area contributed by atoms with Crippen molar-refractivity contribution >= 4 is 61.0 Å². The molecule has 0 bridgehead atoms. The van der Waals surface area contributed by atoms with Gasteiger partial charge >= 0.3 is 0 Å². The van der Waals surface area contributed by atoms with Crippen LogP contribution in [0.3, 0.4) is 0 Å². The van der Waals surface area contributed by atoms with Crippen LogP contribution in [0.5, 0.6) is 11.5 Å². The van der Waals surface area contributed by atoms with E-state index in [-0.39, 0.29) is 35.1 Å². The molecule has 1 amide bonds. The number of carbonyl (C=O) groups excluding carboxylic acids is 1. The number of nitrogens with zero attached hydrogens (tertiary/aromatic N) is 2. The van der Waals surface area contributed by atoms with Crippen molar-refractivity contribution in [3.05, 3.63) is 51.6 Å². The molecule has 0 saturated carbocycles. The van der Waals surface area contributed by atoms with E-state index in [1.54, 1.807) is 32.4 Å². The van der Waals surface area contributed by atoms with E-state index < -0.39 is 9.84 Å². The van der Waals surface area contributed by atoms with Crippen molar-refractivity contribution in [3.8, 4) is 11.5 Å². The van der Waals surface area contributed by atoms with Gasteiger partial charge < -0.3 is 14.4 Å². The van der Waals surface area contributed by atoms with Gasteiger partial charge in [0.25, 0.3) is 5.91 Å².